The molecule has 0 bridgehead atoms. The minimum Gasteiger partial charge on any atom is -0.496 e. The summed E-state index contributed by atoms with van der Waals surface area (Å²) in [6.07, 6.45) is 0.0635. The number of hydrazine groups is 1. The van der Waals surface area contributed by atoms with E-state index in [0.29, 0.717) is 5.75 Å². The van der Waals surface area contributed by atoms with Crippen LogP contribution < -0.4 is 16.0 Å². The number of methoxy groups -OCH3 is 1. The van der Waals surface area contributed by atoms with Gasteiger partial charge in [0.2, 0.25) is 0 Å². The van der Waals surface area contributed by atoms with Gasteiger partial charge in [0.1, 0.15) is 17.4 Å². The summed E-state index contributed by atoms with van der Waals surface area (Å²) in [6.45, 7) is 0. The number of ether oxygens (including phenoxy) is 1. The summed E-state index contributed by atoms with van der Waals surface area (Å²) >= 11 is 3.06. The van der Waals surface area contributed by atoms with Crippen molar-refractivity contribution in [2.45, 2.75) is 12.5 Å². The first-order chi connectivity index (χ1) is 10.1. The Balaban J connectivity index is 2.38. The number of nitrogens with two attached hydrogens (primary N) is 1. The van der Waals surface area contributed by atoms with Crippen LogP contribution >= 0.6 is 15.9 Å². The highest BCUT2D eigenvalue weighted by Crippen LogP contribution is 2.30. The Morgan fingerprint density at radius 3 is 2.62 bits per heavy atom. The molecule has 6 heteroatoms. The van der Waals surface area contributed by atoms with Gasteiger partial charge in [0.25, 0.3) is 0 Å². The molecule has 1 atom stereocenters. The Hall–Kier alpha value is -1.50. The molecule has 2 aromatic rings. The van der Waals surface area contributed by atoms with E-state index in [1.54, 1.807) is 12.1 Å². The Morgan fingerprint density at radius 1 is 1.24 bits per heavy atom. The van der Waals surface area contributed by atoms with E-state index < -0.39 is 17.7 Å². The van der Waals surface area contributed by atoms with Gasteiger partial charge < -0.3 is 4.74 Å². The van der Waals surface area contributed by atoms with E-state index in [1.807, 2.05) is 12.1 Å². The Labute approximate surface area is 130 Å². The zero-order chi connectivity index (χ0) is 15.4. The molecular weight excluding hydrogens is 342 g/mol. The lowest BCUT2D eigenvalue weighted by Crippen LogP contribution is -2.30. The van der Waals surface area contributed by atoms with Crippen molar-refractivity contribution >= 4 is 15.9 Å². The van der Waals surface area contributed by atoms with E-state index in [-0.39, 0.29) is 16.5 Å². The lowest BCUT2D eigenvalue weighted by atomic mass is 9.98. The average molecular weight is 357 g/mol. The van der Waals surface area contributed by atoms with Crippen molar-refractivity contribution in [1.29, 1.82) is 0 Å². The molecular formula is C15H15BrF2N2O. The van der Waals surface area contributed by atoms with Crippen LogP contribution in [0.2, 0.25) is 0 Å². The van der Waals surface area contributed by atoms with Crippen molar-refractivity contribution in [3.8, 4) is 5.75 Å². The second-order valence-electron chi connectivity index (χ2n) is 4.49. The lowest BCUT2D eigenvalue weighted by Gasteiger charge is -2.20. The van der Waals surface area contributed by atoms with Crippen LogP contribution in [0.4, 0.5) is 8.78 Å². The van der Waals surface area contributed by atoms with Gasteiger partial charge in [0, 0.05) is 11.1 Å². The molecule has 2 rings (SSSR count). The number of para-hydroxylation sites is 1. The number of nitrogens with one attached hydrogen (secondary N) is 1. The van der Waals surface area contributed by atoms with Crippen molar-refractivity contribution < 1.29 is 13.5 Å². The van der Waals surface area contributed by atoms with Crippen LogP contribution in [0.25, 0.3) is 0 Å². The zero-order valence-corrected chi connectivity index (χ0v) is 13.0. The smallest absolute Gasteiger partial charge is 0.143 e. The van der Waals surface area contributed by atoms with Crippen LogP contribution in [0.5, 0.6) is 5.75 Å². The number of hydrogen-bond acceptors (Lipinski definition) is 3. The fraction of sp³-hybridized carbons (Fsp3) is 0.200. The number of benzene rings is 2. The first-order valence-corrected chi connectivity index (χ1v) is 7.09. The normalized spacial score (nSPS) is 12.2. The second-order valence-corrected chi connectivity index (χ2v) is 5.34. The Morgan fingerprint density at radius 2 is 1.95 bits per heavy atom. The minimum absolute atomic E-state index is 0.0294. The third kappa shape index (κ3) is 3.40. The molecule has 0 radical (unpaired) electrons. The SMILES string of the molecule is COc1ccccc1C(Cc1c(F)ccc(Br)c1F)NN. The van der Waals surface area contributed by atoms with Gasteiger partial charge in [-0.05, 0) is 40.5 Å². The van der Waals surface area contributed by atoms with Crippen LogP contribution in [0.15, 0.2) is 40.9 Å². The van der Waals surface area contributed by atoms with Crippen molar-refractivity contribution in [2.75, 3.05) is 7.11 Å². The maximum Gasteiger partial charge on any atom is 0.143 e. The zero-order valence-electron chi connectivity index (χ0n) is 11.4. The fourth-order valence-corrected chi connectivity index (χ4v) is 2.54. The standard InChI is InChI=1S/C15H15BrF2N2O/c1-21-14-5-3-2-4-9(14)13(20-19)8-10-12(17)7-6-11(16)15(10)18/h2-7,13,20H,8,19H2,1H3. The summed E-state index contributed by atoms with van der Waals surface area (Å²) in [4.78, 5) is 0. The third-order valence-electron chi connectivity index (χ3n) is 3.26. The van der Waals surface area contributed by atoms with Crippen LogP contribution in [-0.4, -0.2) is 7.11 Å². The maximum absolute atomic E-state index is 14.1. The van der Waals surface area contributed by atoms with Gasteiger partial charge in [-0.1, -0.05) is 18.2 Å². The van der Waals surface area contributed by atoms with E-state index in [2.05, 4.69) is 21.4 Å². The van der Waals surface area contributed by atoms with Crippen molar-refractivity contribution in [2.24, 2.45) is 5.84 Å². The fourth-order valence-electron chi connectivity index (χ4n) is 2.17. The molecule has 2 aromatic carbocycles. The molecule has 3 nitrogen and oxygen atoms in total. The molecule has 0 aromatic heterocycles. The molecule has 21 heavy (non-hydrogen) atoms. The molecule has 0 saturated heterocycles. The van der Waals surface area contributed by atoms with E-state index in [0.717, 1.165) is 5.56 Å². The van der Waals surface area contributed by atoms with Gasteiger partial charge in [-0.25, -0.2) is 8.78 Å². The Kier molecular flexibility index (Phi) is 5.27. The highest BCUT2D eigenvalue weighted by molar-refractivity contribution is 9.10. The van der Waals surface area contributed by atoms with E-state index in [1.165, 1.54) is 19.2 Å². The maximum atomic E-state index is 14.1. The van der Waals surface area contributed by atoms with Gasteiger partial charge in [0.15, 0.2) is 0 Å². The molecule has 0 saturated carbocycles. The summed E-state index contributed by atoms with van der Waals surface area (Å²) < 4.78 is 33.4. The molecule has 0 aliphatic heterocycles. The molecule has 112 valence electrons. The molecule has 3 N–H and O–H groups in total. The molecule has 0 heterocycles. The van der Waals surface area contributed by atoms with Gasteiger partial charge in [-0.2, -0.15) is 0 Å². The number of hydrogen-bond donors (Lipinski definition) is 2. The number of rotatable bonds is 5. The second kappa shape index (κ2) is 6.98. The van der Waals surface area contributed by atoms with Crippen molar-refractivity contribution in [1.82, 2.24) is 5.43 Å². The summed E-state index contributed by atoms with van der Waals surface area (Å²) in [5.74, 6) is 4.93. The van der Waals surface area contributed by atoms with Crippen LogP contribution in [-0.2, 0) is 6.42 Å². The largest absolute Gasteiger partial charge is 0.496 e. The highest BCUT2D eigenvalue weighted by Gasteiger charge is 2.20. The van der Waals surface area contributed by atoms with E-state index in [4.69, 9.17) is 10.6 Å². The quantitative estimate of drug-likeness (QED) is 0.489. The molecule has 0 fully saturated rings. The predicted molar refractivity (Wildman–Crippen MR) is 80.8 cm³/mol. The molecule has 0 spiro atoms. The molecule has 0 amide bonds. The van der Waals surface area contributed by atoms with E-state index >= 15 is 0 Å². The first kappa shape index (κ1) is 15.9. The third-order valence-corrected chi connectivity index (χ3v) is 3.88. The van der Waals surface area contributed by atoms with Gasteiger partial charge in [-0.3, -0.25) is 11.3 Å². The highest BCUT2D eigenvalue weighted by atomic mass is 79.9. The summed E-state index contributed by atoms with van der Waals surface area (Å²) in [5, 5.41) is 0. The Bertz CT molecular complexity index is 637. The van der Waals surface area contributed by atoms with Gasteiger partial charge >= 0.3 is 0 Å². The monoisotopic (exact) mass is 356 g/mol. The van der Waals surface area contributed by atoms with Crippen LogP contribution in [0.3, 0.4) is 0 Å². The van der Waals surface area contributed by atoms with Gasteiger partial charge in [0.05, 0.1) is 17.6 Å². The number of halogens is 3. The summed E-state index contributed by atoms with van der Waals surface area (Å²) in [6, 6.07) is 9.29. The lowest BCUT2D eigenvalue weighted by molar-refractivity contribution is 0.397. The first-order valence-electron chi connectivity index (χ1n) is 6.30. The topological polar surface area (TPSA) is 47.3 Å². The molecule has 0 aliphatic rings. The van der Waals surface area contributed by atoms with E-state index in [9.17, 15) is 8.78 Å². The van der Waals surface area contributed by atoms with Crippen molar-refractivity contribution in [3.05, 3.63) is 63.6 Å². The van der Waals surface area contributed by atoms with Crippen LogP contribution in [0.1, 0.15) is 17.2 Å². The molecule has 0 aliphatic carbocycles. The minimum atomic E-state index is -0.620. The van der Waals surface area contributed by atoms with Crippen molar-refractivity contribution in [3.63, 3.8) is 0 Å². The van der Waals surface area contributed by atoms with Crippen LogP contribution in [0, 0.1) is 11.6 Å². The van der Waals surface area contributed by atoms with Gasteiger partial charge in [-0.15, -0.1) is 0 Å². The predicted octanol–water partition coefficient (Wildman–Crippen LogP) is 3.48. The molecule has 1 unspecified atom stereocenters. The summed E-state index contributed by atoms with van der Waals surface area (Å²) in [7, 11) is 1.53. The average Bonchev–Trinajstić information content (AvgIpc) is 2.51. The summed E-state index contributed by atoms with van der Waals surface area (Å²) in [5.41, 5.74) is 3.29.